The average molecular weight is 332 g/mol. The summed E-state index contributed by atoms with van der Waals surface area (Å²) in [4.78, 5) is 11.4. The number of nitrogens with two attached hydrogens (primary N) is 1. The fourth-order valence-corrected chi connectivity index (χ4v) is 3.71. The lowest BCUT2D eigenvalue weighted by atomic mass is 9.94. The smallest absolute Gasteiger partial charge is 0.0694 e. The number of aromatic nitrogens is 1. The fraction of sp³-hybridized carbons (Fsp3) is 0.333. The van der Waals surface area contributed by atoms with Crippen molar-refractivity contribution in [2.24, 2.45) is 4.99 Å². The van der Waals surface area contributed by atoms with Gasteiger partial charge in [0, 0.05) is 37.6 Å². The van der Waals surface area contributed by atoms with Gasteiger partial charge in [0.15, 0.2) is 0 Å². The van der Waals surface area contributed by atoms with E-state index in [0.717, 1.165) is 55.0 Å². The van der Waals surface area contributed by atoms with Crippen LogP contribution < -0.4 is 10.6 Å². The zero-order valence-electron chi connectivity index (χ0n) is 14.5. The van der Waals surface area contributed by atoms with Crippen LogP contribution in [0.15, 0.2) is 53.3 Å². The molecule has 0 radical (unpaired) electrons. The van der Waals surface area contributed by atoms with Gasteiger partial charge in [0.1, 0.15) is 0 Å². The quantitative estimate of drug-likeness (QED) is 0.867. The van der Waals surface area contributed by atoms with Gasteiger partial charge in [-0.25, -0.2) is 0 Å². The third kappa shape index (κ3) is 3.43. The highest BCUT2D eigenvalue weighted by molar-refractivity contribution is 6.15. The van der Waals surface area contributed by atoms with Gasteiger partial charge in [-0.05, 0) is 67.2 Å². The van der Waals surface area contributed by atoms with Crippen molar-refractivity contribution >= 4 is 23.2 Å². The molecule has 25 heavy (non-hydrogen) atoms. The van der Waals surface area contributed by atoms with Crippen molar-refractivity contribution in [3.63, 3.8) is 0 Å². The Morgan fingerprint density at radius 3 is 2.72 bits per heavy atom. The molecule has 1 aromatic heterocycles. The molecule has 0 bridgehead atoms. The van der Waals surface area contributed by atoms with Crippen molar-refractivity contribution in [1.82, 2.24) is 4.98 Å². The van der Waals surface area contributed by atoms with Gasteiger partial charge in [0.25, 0.3) is 0 Å². The predicted molar refractivity (Wildman–Crippen MR) is 105 cm³/mol. The van der Waals surface area contributed by atoms with Crippen LogP contribution in [0.3, 0.4) is 0 Å². The number of nitrogens with zero attached hydrogens (tertiary/aromatic N) is 3. The monoisotopic (exact) mass is 332 g/mol. The van der Waals surface area contributed by atoms with Crippen LogP contribution in [-0.4, -0.2) is 30.3 Å². The second-order valence-corrected chi connectivity index (χ2v) is 6.76. The van der Waals surface area contributed by atoms with E-state index in [4.69, 9.17) is 10.7 Å². The minimum absolute atomic E-state index is 0.868. The first-order chi connectivity index (χ1) is 12.3. The Morgan fingerprint density at radius 2 is 1.96 bits per heavy atom. The SMILES string of the molecule is Nc1cc(/C=C2\CCCN=C2c2cccnc2)ccc1N1CCCC1. The lowest BCUT2D eigenvalue weighted by Crippen LogP contribution is -2.19. The van der Waals surface area contributed by atoms with Crippen LogP contribution in [0, 0.1) is 0 Å². The van der Waals surface area contributed by atoms with E-state index in [2.05, 4.69) is 40.2 Å². The first-order valence-corrected chi connectivity index (χ1v) is 9.11. The number of rotatable bonds is 3. The topological polar surface area (TPSA) is 54.5 Å². The first kappa shape index (κ1) is 15.9. The lowest BCUT2D eigenvalue weighted by molar-refractivity contribution is 0.818. The molecule has 1 fully saturated rings. The summed E-state index contributed by atoms with van der Waals surface area (Å²) in [6, 6.07) is 10.5. The van der Waals surface area contributed by atoms with Gasteiger partial charge in [-0.15, -0.1) is 0 Å². The van der Waals surface area contributed by atoms with Crippen LogP contribution in [0.2, 0.25) is 0 Å². The molecule has 0 aliphatic carbocycles. The van der Waals surface area contributed by atoms with Gasteiger partial charge in [0.2, 0.25) is 0 Å². The number of anilines is 2. The van der Waals surface area contributed by atoms with Crippen LogP contribution in [-0.2, 0) is 0 Å². The van der Waals surface area contributed by atoms with E-state index < -0.39 is 0 Å². The number of pyridine rings is 1. The molecule has 0 amide bonds. The highest BCUT2D eigenvalue weighted by atomic mass is 15.1. The summed E-state index contributed by atoms with van der Waals surface area (Å²) >= 11 is 0. The lowest BCUT2D eigenvalue weighted by Gasteiger charge is -2.20. The van der Waals surface area contributed by atoms with Gasteiger partial charge < -0.3 is 10.6 Å². The van der Waals surface area contributed by atoms with Crippen LogP contribution in [0.1, 0.15) is 36.8 Å². The molecule has 0 spiro atoms. The molecule has 4 nitrogen and oxygen atoms in total. The third-order valence-electron chi connectivity index (χ3n) is 4.95. The summed E-state index contributed by atoms with van der Waals surface area (Å²) in [6.45, 7) is 3.11. The summed E-state index contributed by atoms with van der Waals surface area (Å²) < 4.78 is 0. The van der Waals surface area contributed by atoms with E-state index in [-0.39, 0.29) is 0 Å². The zero-order chi connectivity index (χ0) is 17.1. The minimum Gasteiger partial charge on any atom is -0.397 e. The van der Waals surface area contributed by atoms with Crippen LogP contribution in [0.5, 0.6) is 0 Å². The molecule has 0 saturated carbocycles. The van der Waals surface area contributed by atoms with Crippen molar-refractivity contribution in [3.8, 4) is 0 Å². The first-order valence-electron chi connectivity index (χ1n) is 9.11. The molecule has 2 aromatic rings. The number of allylic oxidation sites excluding steroid dienone is 1. The summed E-state index contributed by atoms with van der Waals surface area (Å²) in [6.07, 6.45) is 10.6. The van der Waals surface area contributed by atoms with E-state index >= 15 is 0 Å². The van der Waals surface area contributed by atoms with Crippen LogP contribution in [0.4, 0.5) is 11.4 Å². The second kappa shape index (κ2) is 7.09. The highest BCUT2D eigenvalue weighted by Crippen LogP contribution is 2.29. The Labute approximate surface area is 149 Å². The number of hydrogen-bond donors (Lipinski definition) is 1. The van der Waals surface area contributed by atoms with Crippen LogP contribution in [0.25, 0.3) is 6.08 Å². The Bertz CT molecular complexity index is 802. The zero-order valence-corrected chi connectivity index (χ0v) is 14.5. The standard InChI is InChI=1S/C21H24N4/c22-19-14-16(7-8-20(19)25-11-1-2-12-25)13-17-5-4-10-24-21(17)18-6-3-9-23-15-18/h3,6-9,13-15H,1-2,4-5,10-12,22H2/b17-13+. The Hall–Kier alpha value is -2.62. The third-order valence-corrected chi connectivity index (χ3v) is 4.95. The molecule has 0 unspecified atom stereocenters. The van der Waals surface area contributed by atoms with Gasteiger partial charge >= 0.3 is 0 Å². The normalized spacial score (nSPS) is 19.3. The van der Waals surface area contributed by atoms with Crippen LogP contribution >= 0.6 is 0 Å². The van der Waals surface area contributed by atoms with E-state index in [1.165, 1.54) is 24.1 Å². The Morgan fingerprint density at radius 1 is 1.08 bits per heavy atom. The van der Waals surface area contributed by atoms with Gasteiger partial charge in [0.05, 0.1) is 17.1 Å². The predicted octanol–water partition coefficient (Wildman–Crippen LogP) is 3.93. The van der Waals surface area contributed by atoms with E-state index in [0.29, 0.717) is 0 Å². The number of nitrogen functional groups attached to an aromatic ring is 1. The fourth-order valence-electron chi connectivity index (χ4n) is 3.71. The Kier molecular flexibility index (Phi) is 4.51. The number of benzene rings is 1. The molecular formula is C21H24N4. The number of aliphatic imine (C=N–C) groups is 1. The summed E-state index contributed by atoms with van der Waals surface area (Å²) in [5.41, 5.74) is 13.0. The molecule has 1 saturated heterocycles. The largest absolute Gasteiger partial charge is 0.397 e. The van der Waals surface area contributed by atoms with E-state index in [1.54, 1.807) is 6.20 Å². The van der Waals surface area contributed by atoms with Crippen molar-refractivity contribution in [2.45, 2.75) is 25.7 Å². The highest BCUT2D eigenvalue weighted by Gasteiger charge is 2.16. The molecule has 2 N–H and O–H groups in total. The van der Waals surface area contributed by atoms with E-state index in [9.17, 15) is 0 Å². The van der Waals surface area contributed by atoms with E-state index in [1.807, 2.05) is 12.3 Å². The summed E-state index contributed by atoms with van der Waals surface area (Å²) in [5, 5.41) is 0. The summed E-state index contributed by atoms with van der Waals surface area (Å²) in [7, 11) is 0. The number of hydrogen-bond acceptors (Lipinski definition) is 4. The van der Waals surface area contributed by atoms with Gasteiger partial charge in [-0.3, -0.25) is 9.98 Å². The Balaban J connectivity index is 1.64. The minimum atomic E-state index is 0.868. The molecular weight excluding hydrogens is 308 g/mol. The molecule has 2 aliphatic heterocycles. The second-order valence-electron chi connectivity index (χ2n) is 6.76. The van der Waals surface area contributed by atoms with Gasteiger partial charge in [-0.1, -0.05) is 6.07 Å². The molecule has 3 heterocycles. The maximum Gasteiger partial charge on any atom is 0.0694 e. The maximum atomic E-state index is 6.34. The average Bonchev–Trinajstić information content (AvgIpc) is 3.17. The van der Waals surface area contributed by atoms with Crippen molar-refractivity contribution in [1.29, 1.82) is 0 Å². The maximum absolute atomic E-state index is 6.34. The molecule has 4 rings (SSSR count). The molecule has 1 aromatic carbocycles. The summed E-state index contributed by atoms with van der Waals surface area (Å²) in [5.74, 6) is 0. The molecule has 128 valence electrons. The molecule has 0 atom stereocenters. The van der Waals surface area contributed by atoms with Crippen molar-refractivity contribution in [3.05, 3.63) is 59.4 Å². The van der Waals surface area contributed by atoms with Crippen molar-refractivity contribution in [2.75, 3.05) is 30.3 Å². The van der Waals surface area contributed by atoms with Crippen molar-refractivity contribution < 1.29 is 0 Å². The molecule has 4 heteroatoms. The van der Waals surface area contributed by atoms with Gasteiger partial charge in [-0.2, -0.15) is 0 Å². The molecule has 2 aliphatic rings.